The largest absolute Gasteiger partial charge is 0.449 e. The van der Waals surface area contributed by atoms with Crippen LogP contribution in [0.1, 0.15) is 48.9 Å². The number of nitrogens with one attached hydrogen (secondary N) is 1. The lowest BCUT2D eigenvalue weighted by molar-refractivity contribution is -0.147. The molecule has 1 fully saturated rings. The summed E-state index contributed by atoms with van der Waals surface area (Å²) in [4.78, 5) is 17.1. The molecule has 1 saturated heterocycles. The van der Waals surface area contributed by atoms with Gasteiger partial charge in [0.15, 0.2) is 11.0 Å². The van der Waals surface area contributed by atoms with Crippen molar-refractivity contribution in [2.75, 3.05) is 13.1 Å². The van der Waals surface area contributed by atoms with Crippen molar-refractivity contribution in [1.29, 1.82) is 0 Å². The second-order valence-corrected chi connectivity index (χ2v) is 10.9. The van der Waals surface area contributed by atoms with Crippen molar-refractivity contribution >= 4 is 38.9 Å². The van der Waals surface area contributed by atoms with Crippen molar-refractivity contribution in [2.45, 2.75) is 48.7 Å². The van der Waals surface area contributed by atoms with E-state index in [9.17, 15) is 26.4 Å². The van der Waals surface area contributed by atoms with Crippen molar-refractivity contribution in [3.8, 4) is 0 Å². The van der Waals surface area contributed by atoms with Crippen LogP contribution in [-0.2, 0) is 28.1 Å². The summed E-state index contributed by atoms with van der Waals surface area (Å²) in [6.45, 7) is 4.68. The number of benzene rings is 2. The summed E-state index contributed by atoms with van der Waals surface area (Å²) < 4.78 is 71.0. The lowest BCUT2D eigenvalue weighted by atomic mass is 10.2. The molecular weight excluding hydrogens is 489 g/mol. The molecule has 1 aromatic heterocycles. The number of hydrogen-bond donors (Lipinski definition) is 1. The number of fused-ring (bicyclic) bond motifs is 1. The zero-order valence-electron chi connectivity index (χ0n) is 18.5. The maximum atomic E-state index is 13.4. The number of carbonyl (C=O) groups is 1. The first-order valence-electron chi connectivity index (χ1n) is 10.6. The molecule has 1 aliphatic heterocycles. The molecule has 0 spiro atoms. The van der Waals surface area contributed by atoms with Gasteiger partial charge in [-0.25, -0.2) is 17.7 Å². The maximum absolute atomic E-state index is 13.4. The highest BCUT2D eigenvalue weighted by Gasteiger charge is 2.38. The summed E-state index contributed by atoms with van der Waals surface area (Å²) in [5, 5.41) is 0. The summed E-state index contributed by atoms with van der Waals surface area (Å²) in [5.41, 5.74) is 0.291. The van der Waals surface area contributed by atoms with Gasteiger partial charge in [0.05, 0.1) is 20.8 Å². The molecule has 2 atom stereocenters. The quantitative estimate of drug-likeness (QED) is 0.537. The highest BCUT2D eigenvalue weighted by Crippen LogP contribution is 2.34. The van der Waals surface area contributed by atoms with Crippen molar-refractivity contribution in [3.63, 3.8) is 0 Å². The van der Waals surface area contributed by atoms with Gasteiger partial charge in [0.25, 0.3) is 5.91 Å². The SMILES string of the molecule is CC(C)n1c(C(F)(F)F)nc2cc(C(=O)NS(=O)c3cccc(S(=O)N4CCCC4)c3)ccc21. The number of nitrogens with zero attached hydrogens (tertiary/aromatic N) is 3. The average Bonchev–Trinajstić information content (AvgIpc) is 3.46. The van der Waals surface area contributed by atoms with Gasteiger partial charge in [-0.1, -0.05) is 6.07 Å². The first-order valence-corrected chi connectivity index (χ1v) is 12.9. The third kappa shape index (κ3) is 4.93. The van der Waals surface area contributed by atoms with Gasteiger partial charge in [-0.2, -0.15) is 13.2 Å². The molecule has 2 heterocycles. The Labute approximate surface area is 199 Å². The Bertz CT molecular complexity index is 1280. The lowest BCUT2D eigenvalue weighted by Gasteiger charge is -2.14. The maximum Gasteiger partial charge on any atom is 0.449 e. The van der Waals surface area contributed by atoms with Crippen LogP contribution in [0.25, 0.3) is 11.0 Å². The van der Waals surface area contributed by atoms with E-state index in [-0.39, 0.29) is 21.5 Å². The first-order chi connectivity index (χ1) is 16.1. The normalized spacial score (nSPS) is 16.8. The summed E-state index contributed by atoms with van der Waals surface area (Å²) in [7, 11) is -3.33. The molecule has 0 radical (unpaired) electrons. The molecule has 0 aliphatic carbocycles. The molecule has 182 valence electrons. The van der Waals surface area contributed by atoms with Crippen LogP contribution >= 0.6 is 0 Å². The number of amides is 1. The Kier molecular flexibility index (Phi) is 6.92. The molecule has 2 aromatic carbocycles. The fourth-order valence-corrected chi connectivity index (χ4v) is 6.09. The minimum Gasteiger partial charge on any atom is -0.318 e. The Balaban J connectivity index is 1.56. The van der Waals surface area contributed by atoms with Crippen molar-refractivity contribution < 1.29 is 26.4 Å². The number of imidazole rings is 1. The lowest BCUT2D eigenvalue weighted by Crippen LogP contribution is -2.26. The minimum absolute atomic E-state index is 0.0162. The van der Waals surface area contributed by atoms with Crippen molar-refractivity contribution in [1.82, 2.24) is 18.6 Å². The van der Waals surface area contributed by atoms with Crippen LogP contribution in [0.5, 0.6) is 0 Å². The van der Waals surface area contributed by atoms with Crippen LogP contribution in [-0.4, -0.2) is 41.3 Å². The molecule has 0 saturated carbocycles. The monoisotopic (exact) mass is 512 g/mol. The van der Waals surface area contributed by atoms with Crippen LogP contribution in [0.2, 0.25) is 0 Å². The molecule has 1 amide bonds. The van der Waals surface area contributed by atoms with Gasteiger partial charge in [0.1, 0.15) is 11.0 Å². The van der Waals surface area contributed by atoms with Gasteiger partial charge < -0.3 is 4.57 Å². The van der Waals surface area contributed by atoms with E-state index in [2.05, 4.69) is 9.71 Å². The molecule has 7 nitrogen and oxygen atoms in total. The topological polar surface area (TPSA) is 84.3 Å². The third-order valence-corrected chi connectivity index (χ3v) is 7.97. The number of rotatable bonds is 6. The predicted molar refractivity (Wildman–Crippen MR) is 123 cm³/mol. The molecule has 34 heavy (non-hydrogen) atoms. The second-order valence-electron chi connectivity index (χ2n) is 8.16. The van der Waals surface area contributed by atoms with E-state index in [4.69, 9.17) is 0 Å². The van der Waals surface area contributed by atoms with E-state index in [1.807, 2.05) is 4.31 Å². The van der Waals surface area contributed by atoms with E-state index in [0.29, 0.717) is 4.90 Å². The number of halogens is 3. The number of carbonyl (C=O) groups excluding carboxylic acids is 1. The van der Waals surface area contributed by atoms with Crippen LogP contribution in [0.15, 0.2) is 52.3 Å². The zero-order chi connectivity index (χ0) is 24.6. The smallest absolute Gasteiger partial charge is 0.318 e. The Morgan fingerprint density at radius 1 is 1.06 bits per heavy atom. The van der Waals surface area contributed by atoms with Gasteiger partial charge in [0.2, 0.25) is 5.82 Å². The Morgan fingerprint density at radius 3 is 2.38 bits per heavy atom. The molecule has 0 bridgehead atoms. The fourth-order valence-electron chi connectivity index (χ4n) is 3.87. The van der Waals surface area contributed by atoms with Gasteiger partial charge in [-0.05, 0) is 63.1 Å². The number of hydrogen-bond acceptors (Lipinski definition) is 4. The van der Waals surface area contributed by atoms with Crippen LogP contribution in [0.4, 0.5) is 13.2 Å². The molecule has 3 aromatic rings. The standard InChI is InChI=1S/C22H23F3N4O3S2/c1-14(2)29-19-9-8-15(12-18(19)26-21(29)22(23,24)25)20(30)27-33(31)16-6-5-7-17(13-16)34(32)28-10-3-4-11-28/h5-9,12-14H,3-4,10-11H2,1-2H3,(H,27,30). The molecule has 1 aliphatic rings. The van der Waals surface area contributed by atoms with Crippen LogP contribution < -0.4 is 4.72 Å². The van der Waals surface area contributed by atoms with Gasteiger partial charge in [-0.3, -0.25) is 9.52 Å². The summed E-state index contributed by atoms with van der Waals surface area (Å²) in [6, 6.07) is 9.88. The highest BCUT2D eigenvalue weighted by atomic mass is 32.2. The van der Waals surface area contributed by atoms with Crippen LogP contribution in [0.3, 0.4) is 0 Å². The predicted octanol–water partition coefficient (Wildman–Crippen LogP) is 4.21. The molecule has 1 N–H and O–H groups in total. The third-order valence-electron chi connectivity index (χ3n) is 5.43. The number of aromatic nitrogens is 2. The van der Waals surface area contributed by atoms with Gasteiger partial charge in [0, 0.05) is 24.7 Å². The molecule has 4 rings (SSSR count). The minimum atomic E-state index is -4.65. The van der Waals surface area contributed by atoms with E-state index < -0.39 is 45.9 Å². The summed E-state index contributed by atoms with van der Waals surface area (Å²) >= 11 is 0. The number of alkyl halides is 3. The van der Waals surface area contributed by atoms with Crippen molar-refractivity contribution in [2.24, 2.45) is 0 Å². The van der Waals surface area contributed by atoms with E-state index >= 15 is 0 Å². The molecular formula is C22H23F3N4O3S2. The van der Waals surface area contributed by atoms with Gasteiger partial charge in [-0.15, -0.1) is 0 Å². The average molecular weight is 513 g/mol. The highest BCUT2D eigenvalue weighted by molar-refractivity contribution is 7.84. The Morgan fingerprint density at radius 2 is 1.74 bits per heavy atom. The van der Waals surface area contributed by atoms with Crippen LogP contribution in [0, 0.1) is 0 Å². The zero-order valence-corrected chi connectivity index (χ0v) is 20.1. The molecule has 12 heteroatoms. The van der Waals surface area contributed by atoms with E-state index in [1.54, 1.807) is 32.0 Å². The second kappa shape index (κ2) is 9.59. The van der Waals surface area contributed by atoms with E-state index in [1.165, 1.54) is 24.3 Å². The van der Waals surface area contributed by atoms with Crippen molar-refractivity contribution in [3.05, 3.63) is 53.9 Å². The fraction of sp³-hybridized carbons (Fsp3) is 0.364. The van der Waals surface area contributed by atoms with E-state index in [0.717, 1.165) is 30.5 Å². The summed E-state index contributed by atoms with van der Waals surface area (Å²) in [6.07, 6.45) is -2.71. The summed E-state index contributed by atoms with van der Waals surface area (Å²) in [5.74, 6) is -1.76. The first kappa shape index (κ1) is 24.6. The molecule has 2 unspecified atom stereocenters. The van der Waals surface area contributed by atoms with Gasteiger partial charge >= 0.3 is 6.18 Å². The Hall–Kier alpha value is -2.57.